The molecule has 0 radical (unpaired) electrons. The van der Waals surface area contributed by atoms with E-state index < -0.39 is 0 Å². The minimum Gasteiger partial charge on any atom is -0.307 e. The van der Waals surface area contributed by atoms with Crippen LogP contribution in [0, 0.1) is 0 Å². The van der Waals surface area contributed by atoms with E-state index in [0.717, 1.165) is 31.3 Å². The van der Waals surface area contributed by atoms with Crippen LogP contribution in [0.15, 0.2) is 164 Å². The zero-order valence-electron chi connectivity index (χ0n) is 32.8. The van der Waals surface area contributed by atoms with Gasteiger partial charge in [0.15, 0.2) is 11.6 Å². The third-order valence-electron chi connectivity index (χ3n) is 9.51. The molecule has 0 saturated carbocycles. The van der Waals surface area contributed by atoms with Crippen molar-refractivity contribution < 1.29 is 8.22 Å². The summed E-state index contributed by atoms with van der Waals surface area (Å²) in [6.45, 7) is 0. The fourth-order valence-electron chi connectivity index (χ4n) is 7.30. The molecule has 238 valence electrons. The Morgan fingerprint density at radius 1 is 0.471 bits per heavy atom. The lowest BCUT2D eigenvalue weighted by molar-refractivity contribution is 0.954. The number of benzene rings is 7. The standard InChI is InChI=1S/C45H27N5S/c1-3-14-28(15-4-1)43-46-44(36-22-13-21-35-32-20-9-12-25-39(32)51-42(35)36)48-45(47-43)50-38-24-11-8-19-31(38)34-27-26-33-30-18-7-10-23-37(30)49(40(33)41(34)50)29-16-5-2-6-17-29/h1-27H/i7D,8D,23D,24D,26D,27D. The van der Waals surface area contributed by atoms with Gasteiger partial charge in [-0.05, 0) is 36.4 Å². The van der Waals surface area contributed by atoms with Gasteiger partial charge in [-0.3, -0.25) is 4.57 Å². The van der Waals surface area contributed by atoms with Crippen LogP contribution in [0.3, 0.4) is 0 Å². The largest absolute Gasteiger partial charge is 0.307 e. The maximum absolute atomic E-state index is 9.58. The predicted octanol–water partition coefficient (Wildman–Crippen LogP) is 11.8. The summed E-state index contributed by atoms with van der Waals surface area (Å²) in [7, 11) is 0. The van der Waals surface area contributed by atoms with Gasteiger partial charge in [0.1, 0.15) is 0 Å². The summed E-state index contributed by atoms with van der Waals surface area (Å²) in [5, 5.41) is 3.91. The van der Waals surface area contributed by atoms with E-state index in [9.17, 15) is 4.11 Å². The van der Waals surface area contributed by atoms with Gasteiger partial charge in [-0.2, -0.15) is 9.97 Å². The number of hydrogen-bond donors (Lipinski definition) is 0. The summed E-state index contributed by atoms with van der Waals surface area (Å²) in [4.78, 5) is 15.5. The van der Waals surface area contributed by atoms with E-state index in [-0.39, 0.29) is 42.2 Å². The zero-order chi connectivity index (χ0) is 38.7. The molecule has 0 bridgehead atoms. The van der Waals surface area contributed by atoms with Crippen molar-refractivity contribution in [2.75, 3.05) is 0 Å². The van der Waals surface area contributed by atoms with Crippen molar-refractivity contribution in [3.05, 3.63) is 164 Å². The summed E-state index contributed by atoms with van der Waals surface area (Å²) in [6, 6.07) is 39.9. The molecule has 0 aliphatic carbocycles. The first-order valence-electron chi connectivity index (χ1n) is 19.5. The molecule has 0 saturated heterocycles. The van der Waals surface area contributed by atoms with E-state index in [1.807, 2.05) is 89.5 Å². The molecule has 0 aliphatic heterocycles. The summed E-state index contributed by atoms with van der Waals surface area (Å²) in [5.41, 5.74) is 4.08. The third-order valence-corrected chi connectivity index (χ3v) is 10.7. The maximum Gasteiger partial charge on any atom is 0.238 e. The second kappa shape index (κ2) is 10.9. The molecule has 51 heavy (non-hydrogen) atoms. The first-order chi connectivity index (χ1) is 27.8. The van der Waals surface area contributed by atoms with E-state index in [1.165, 1.54) is 12.1 Å². The molecule has 6 heteroatoms. The number of aromatic nitrogens is 5. The number of fused-ring (bicyclic) bond motifs is 10. The van der Waals surface area contributed by atoms with Crippen molar-refractivity contribution in [1.29, 1.82) is 0 Å². The molecule has 0 aliphatic rings. The monoisotopic (exact) mass is 675 g/mol. The fourth-order valence-corrected chi connectivity index (χ4v) is 8.51. The Hall–Kier alpha value is -6.63. The molecule has 4 aromatic heterocycles. The molecule has 11 aromatic rings. The van der Waals surface area contributed by atoms with Crippen molar-refractivity contribution >= 4 is 75.1 Å². The normalized spacial score (nSPS) is 13.6. The molecule has 5 nitrogen and oxygen atoms in total. The van der Waals surface area contributed by atoms with E-state index in [1.54, 1.807) is 28.0 Å². The Morgan fingerprint density at radius 2 is 1.10 bits per heavy atom. The molecule has 0 spiro atoms. The van der Waals surface area contributed by atoms with Gasteiger partial charge in [0.25, 0.3) is 0 Å². The van der Waals surface area contributed by atoms with Gasteiger partial charge in [-0.1, -0.05) is 127 Å². The Bertz CT molecular complexity index is 3490. The van der Waals surface area contributed by atoms with E-state index in [2.05, 4.69) is 18.2 Å². The Morgan fingerprint density at radius 3 is 1.86 bits per heavy atom. The molecule has 0 amide bonds. The lowest BCUT2D eigenvalue weighted by atomic mass is 10.1. The average Bonchev–Trinajstić information content (AvgIpc) is 3.89. The summed E-state index contributed by atoms with van der Waals surface area (Å²) in [5.74, 6) is 1.02. The predicted molar refractivity (Wildman–Crippen MR) is 212 cm³/mol. The maximum atomic E-state index is 9.58. The number of thiophene rings is 1. The van der Waals surface area contributed by atoms with Crippen LogP contribution in [0.2, 0.25) is 0 Å². The average molecular weight is 676 g/mol. The number of para-hydroxylation sites is 3. The second-order valence-electron chi connectivity index (χ2n) is 12.4. The number of nitrogens with zero attached hydrogens (tertiary/aromatic N) is 5. The Labute approximate surface area is 304 Å². The topological polar surface area (TPSA) is 48.5 Å². The molecule has 4 heterocycles. The highest BCUT2D eigenvalue weighted by atomic mass is 32.1. The van der Waals surface area contributed by atoms with Gasteiger partial charge in [0.2, 0.25) is 5.95 Å². The first-order valence-corrected chi connectivity index (χ1v) is 17.4. The van der Waals surface area contributed by atoms with Crippen LogP contribution in [0.5, 0.6) is 0 Å². The fraction of sp³-hybridized carbons (Fsp3) is 0. The van der Waals surface area contributed by atoms with Gasteiger partial charge < -0.3 is 4.57 Å². The van der Waals surface area contributed by atoms with Gasteiger partial charge in [-0.15, -0.1) is 11.3 Å². The number of rotatable bonds is 4. The smallest absolute Gasteiger partial charge is 0.238 e. The molecule has 0 N–H and O–H groups in total. The Kier molecular flexibility index (Phi) is 4.91. The molecule has 0 fully saturated rings. The van der Waals surface area contributed by atoms with Crippen molar-refractivity contribution in [3.63, 3.8) is 0 Å². The van der Waals surface area contributed by atoms with Crippen LogP contribution in [0.25, 0.3) is 98.2 Å². The van der Waals surface area contributed by atoms with Gasteiger partial charge >= 0.3 is 0 Å². The summed E-state index contributed by atoms with van der Waals surface area (Å²) < 4.78 is 60.8. The van der Waals surface area contributed by atoms with E-state index >= 15 is 0 Å². The zero-order valence-corrected chi connectivity index (χ0v) is 27.6. The van der Waals surface area contributed by atoms with Crippen LogP contribution in [-0.4, -0.2) is 24.1 Å². The summed E-state index contributed by atoms with van der Waals surface area (Å²) >= 11 is 1.67. The molecular weight excluding hydrogens is 643 g/mol. The van der Waals surface area contributed by atoms with Gasteiger partial charge in [0, 0.05) is 58.5 Å². The molecule has 11 rings (SSSR count). The van der Waals surface area contributed by atoms with Gasteiger partial charge in [-0.25, -0.2) is 4.98 Å². The van der Waals surface area contributed by atoms with Gasteiger partial charge in [0.05, 0.1) is 30.3 Å². The molecule has 0 unspecified atom stereocenters. The highest BCUT2D eigenvalue weighted by Crippen LogP contribution is 2.43. The van der Waals surface area contributed by atoms with Crippen LogP contribution in [0.1, 0.15) is 8.22 Å². The van der Waals surface area contributed by atoms with Crippen molar-refractivity contribution in [3.8, 4) is 34.4 Å². The van der Waals surface area contributed by atoms with Crippen molar-refractivity contribution in [1.82, 2.24) is 24.1 Å². The minimum atomic E-state index is -0.104. The van der Waals surface area contributed by atoms with Crippen molar-refractivity contribution in [2.24, 2.45) is 0 Å². The lowest BCUT2D eigenvalue weighted by Crippen LogP contribution is -2.07. The van der Waals surface area contributed by atoms with Crippen LogP contribution in [0.4, 0.5) is 0 Å². The van der Waals surface area contributed by atoms with Crippen molar-refractivity contribution in [2.45, 2.75) is 0 Å². The highest BCUT2D eigenvalue weighted by molar-refractivity contribution is 7.26. The first kappa shape index (κ1) is 22.9. The van der Waals surface area contributed by atoms with E-state index in [0.29, 0.717) is 60.9 Å². The lowest BCUT2D eigenvalue weighted by Gasteiger charge is -2.13. The van der Waals surface area contributed by atoms with E-state index in [4.69, 9.17) is 19.1 Å². The molecule has 0 atom stereocenters. The molecular formula is C45H27N5S. The quantitative estimate of drug-likeness (QED) is 0.187. The SMILES string of the molecule is [2H]c1cc([2H])c2c(c1)c1c([2H])c([2H])c3c4cc([2H])cc([2H])c4n(-c4nc(-c5ccccc5)nc(-c5cccc6c5sc5ccccc56)n4)c3c1n2-c1ccccc1. The highest BCUT2D eigenvalue weighted by Gasteiger charge is 2.24. The molecule has 7 aromatic carbocycles. The second-order valence-corrected chi connectivity index (χ2v) is 13.4. The third kappa shape index (κ3) is 4.17. The van der Waals surface area contributed by atoms with Crippen LogP contribution in [-0.2, 0) is 0 Å². The minimum absolute atomic E-state index is 0.0274. The summed E-state index contributed by atoms with van der Waals surface area (Å²) in [6.07, 6.45) is 0. The Balaban J connectivity index is 1.37. The van der Waals surface area contributed by atoms with Crippen LogP contribution >= 0.6 is 11.3 Å². The number of hydrogen-bond acceptors (Lipinski definition) is 4. The van der Waals surface area contributed by atoms with Crippen LogP contribution < -0.4 is 0 Å².